The standard InChI is InChI=1S/C12H22N2/c1-8-13-11(5)10(4)12(6)14(7)9(2)3/h8-9H,6H2,1-5,7H3/b11-10+,13-8?. The van der Waals surface area contributed by atoms with Crippen molar-refractivity contribution in [1.29, 1.82) is 0 Å². The third-order valence-corrected chi connectivity index (χ3v) is 2.50. The molecule has 0 aromatic carbocycles. The number of likely N-dealkylation sites (N-methyl/N-ethyl adjacent to an activating group) is 1. The normalized spacial score (nSPS) is 13.4. The molecule has 14 heavy (non-hydrogen) atoms. The lowest BCUT2D eigenvalue weighted by Gasteiger charge is -2.26. The molecule has 2 nitrogen and oxygen atoms in total. The van der Waals surface area contributed by atoms with Crippen molar-refractivity contribution in [2.75, 3.05) is 7.05 Å². The van der Waals surface area contributed by atoms with E-state index < -0.39 is 0 Å². The lowest BCUT2D eigenvalue weighted by atomic mass is 10.1. The zero-order valence-electron chi connectivity index (χ0n) is 10.3. The van der Waals surface area contributed by atoms with Crippen molar-refractivity contribution in [2.24, 2.45) is 4.99 Å². The Bertz CT molecular complexity index is 259. The monoisotopic (exact) mass is 194 g/mol. The van der Waals surface area contributed by atoms with Gasteiger partial charge in [0.1, 0.15) is 0 Å². The largest absolute Gasteiger partial charge is 0.372 e. The zero-order chi connectivity index (χ0) is 11.3. The van der Waals surface area contributed by atoms with Crippen LogP contribution < -0.4 is 0 Å². The van der Waals surface area contributed by atoms with E-state index in [1.165, 1.54) is 0 Å². The Labute approximate surface area is 88.0 Å². The highest BCUT2D eigenvalue weighted by Gasteiger charge is 2.08. The smallest absolute Gasteiger partial charge is 0.0418 e. The highest BCUT2D eigenvalue weighted by Crippen LogP contribution is 2.17. The van der Waals surface area contributed by atoms with E-state index in [9.17, 15) is 0 Å². The number of hydrogen-bond donors (Lipinski definition) is 0. The Kier molecular flexibility index (Phi) is 5.21. The molecule has 80 valence electrons. The SMILES string of the molecule is C=C(/C(C)=C(\C)N=CC)N(C)C(C)C. The van der Waals surface area contributed by atoms with Crippen molar-refractivity contribution < 1.29 is 0 Å². The van der Waals surface area contributed by atoms with Gasteiger partial charge in [-0.1, -0.05) is 6.58 Å². The third-order valence-electron chi connectivity index (χ3n) is 2.50. The number of allylic oxidation sites excluding steroid dienone is 2. The molecule has 0 unspecified atom stereocenters. The summed E-state index contributed by atoms with van der Waals surface area (Å²) in [6.07, 6.45) is 1.81. The van der Waals surface area contributed by atoms with Crippen LogP contribution >= 0.6 is 0 Å². The van der Waals surface area contributed by atoms with E-state index in [-0.39, 0.29) is 0 Å². The second-order valence-electron chi connectivity index (χ2n) is 3.75. The lowest BCUT2D eigenvalue weighted by molar-refractivity contribution is 0.351. The van der Waals surface area contributed by atoms with E-state index in [0.29, 0.717) is 6.04 Å². The van der Waals surface area contributed by atoms with Crippen molar-refractivity contribution in [3.05, 3.63) is 23.5 Å². The fourth-order valence-electron chi connectivity index (χ4n) is 1.08. The molecule has 0 saturated carbocycles. The van der Waals surface area contributed by atoms with E-state index in [1.807, 2.05) is 20.1 Å². The first-order valence-corrected chi connectivity index (χ1v) is 5.00. The average molecular weight is 194 g/mol. The summed E-state index contributed by atoms with van der Waals surface area (Å²) in [6.45, 7) is 14.4. The van der Waals surface area contributed by atoms with Crippen molar-refractivity contribution in [2.45, 2.75) is 40.7 Å². The average Bonchev–Trinajstić information content (AvgIpc) is 2.14. The van der Waals surface area contributed by atoms with Gasteiger partial charge in [0.15, 0.2) is 0 Å². The molecule has 0 aliphatic carbocycles. The summed E-state index contributed by atoms with van der Waals surface area (Å²) >= 11 is 0. The zero-order valence-corrected chi connectivity index (χ0v) is 10.3. The number of aliphatic imine (C=N–C) groups is 1. The van der Waals surface area contributed by atoms with E-state index in [2.05, 4.69) is 44.3 Å². The number of hydrogen-bond acceptors (Lipinski definition) is 2. The minimum atomic E-state index is 0.468. The highest BCUT2D eigenvalue weighted by molar-refractivity contribution is 5.55. The second-order valence-corrected chi connectivity index (χ2v) is 3.75. The molecule has 0 spiro atoms. The number of rotatable bonds is 4. The van der Waals surface area contributed by atoms with Crippen LogP contribution in [0.4, 0.5) is 0 Å². The van der Waals surface area contributed by atoms with Crippen LogP contribution in [0.3, 0.4) is 0 Å². The van der Waals surface area contributed by atoms with E-state index in [1.54, 1.807) is 0 Å². The predicted octanol–water partition coefficient (Wildman–Crippen LogP) is 3.22. The predicted molar refractivity (Wildman–Crippen MR) is 64.6 cm³/mol. The topological polar surface area (TPSA) is 15.6 Å². The second kappa shape index (κ2) is 5.63. The molecule has 2 heteroatoms. The molecule has 0 aliphatic rings. The van der Waals surface area contributed by atoms with Gasteiger partial charge in [-0.05, 0) is 40.2 Å². The minimum Gasteiger partial charge on any atom is -0.372 e. The first-order chi connectivity index (χ1) is 6.41. The van der Waals surface area contributed by atoms with Gasteiger partial charge in [-0.3, -0.25) is 4.99 Å². The van der Waals surface area contributed by atoms with Gasteiger partial charge in [0.05, 0.1) is 0 Å². The molecule has 0 atom stereocenters. The molecule has 0 fully saturated rings. The molecule has 0 aliphatic heterocycles. The molecule has 0 N–H and O–H groups in total. The summed E-state index contributed by atoms with van der Waals surface area (Å²) in [5.74, 6) is 0. The van der Waals surface area contributed by atoms with Crippen LogP contribution in [0.25, 0.3) is 0 Å². The first-order valence-electron chi connectivity index (χ1n) is 5.00. The van der Waals surface area contributed by atoms with Crippen LogP contribution in [-0.4, -0.2) is 24.2 Å². The van der Waals surface area contributed by atoms with Gasteiger partial charge >= 0.3 is 0 Å². The molecule has 0 aromatic rings. The minimum absolute atomic E-state index is 0.468. The number of nitrogens with zero attached hydrogens (tertiary/aromatic N) is 2. The molecular formula is C12H22N2. The van der Waals surface area contributed by atoms with Crippen molar-refractivity contribution in [1.82, 2.24) is 4.90 Å². The fraction of sp³-hybridized carbons (Fsp3) is 0.583. The third kappa shape index (κ3) is 3.36. The molecule has 0 aromatic heterocycles. The van der Waals surface area contributed by atoms with Gasteiger partial charge in [0.2, 0.25) is 0 Å². The molecule has 0 rings (SSSR count). The summed E-state index contributed by atoms with van der Waals surface area (Å²) in [5.41, 5.74) is 3.23. The molecule has 0 heterocycles. The van der Waals surface area contributed by atoms with Crippen molar-refractivity contribution in [3.8, 4) is 0 Å². The van der Waals surface area contributed by atoms with Gasteiger partial charge in [0, 0.05) is 30.7 Å². The summed E-state index contributed by atoms with van der Waals surface area (Å²) in [4.78, 5) is 6.41. The van der Waals surface area contributed by atoms with Crippen LogP contribution in [0.5, 0.6) is 0 Å². The highest BCUT2D eigenvalue weighted by atomic mass is 15.1. The van der Waals surface area contributed by atoms with Gasteiger partial charge in [-0.15, -0.1) is 0 Å². The fourth-order valence-corrected chi connectivity index (χ4v) is 1.08. The first kappa shape index (κ1) is 12.9. The molecule has 0 bridgehead atoms. The van der Waals surface area contributed by atoms with Gasteiger partial charge in [0.25, 0.3) is 0 Å². The maximum Gasteiger partial charge on any atom is 0.0418 e. The van der Waals surface area contributed by atoms with Crippen LogP contribution in [0.1, 0.15) is 34.6 Å². The Hall–Kier alpha value is -1.05. The van der Waals surface area contributed by atoms with E-state index >= 15 is 0 Å². The van der Waals surface area contributed by atoms with Crippen LogP contribution in [0.15, 0.2) is 28.5 Å². The van der Waals surface area contributed by atoms with Gasteiger partial charge in [-0.2, -0.15) is 0 Å². The Morgan fingerprint density at radius 1 is 1.36 bits per heavy atom. The lowest BCUT2D eigenvalue weighted by Crippen LogP contribution is -2.25. The Morgan fingerprint density at radius 3 is 2.21 bits per heavy atom. The Morgan fingerprint density at radius 2 is 1.86 bits per heavy atom. The van der Waals surface area contributed by atoms with Crippen LogP contribution in [0, 0.1) is 0 Å². The van der Waals surface area contributed by atoms with Crippen LogP contribution in [-0.2, 0) is 0 Å². The van der Waals surface area contributed by atoms with Crippen molar-refractivity contribution in [3.63, 3.8) is 0 Å². The summed E-state index contributed by atoms with van der Waals surface area (Å²) < 4.78 is 0. The van der Waals surface area contributed by atoms with Gasteiger partial charge < -0.3 is 4.90 Å². The summed E-state index contributed by atoms with van der Waals surface area (Å²) in [7, 11) is 2.06. The van der Waals surface area contributed by atoms with Crippen LogP contribution in [0.2, 0.25) is 0 Å². The Balaban J connectivity index is 4.78. The molecular weight excluding hydrogens is 172 g/mol. The summed E-state index contributed by atoms with van der Waals surface area (Å²) in [5, 5.41) is 0. The molecule has 0 amide bonds. The van der Waals surface area contributed by atoms with Crippen molar-refractivity contribution >= 4 is 6.21 Å². The van der Waals surface area contributed by atoms with E-state index in [4.69, 9.17) is 0 Å². The molecule has 0 radical (unpaired) electrons. The maximum absolute atomic E-state index is 4.25. The quantitative estimate of drug-likeness (QED) is 0.495. The maximum atomic E-state index is 4.25. The van der Waals surface area contributed by atoms with E-state index in [0.717, 1.165) is 17.0 Å². The van der Waals surface area contributed by atoms with Gasteiger partial charge in [-0.25, -0.2) is 0 Å². The molecule has 0 saturated heterocycles. The summed E-state index contributed by atoms with van der Waals surface area (Å²) in [6, 6.07) is 0.468.